The van der Waals surface area contributed by atoms with Crippen molar-refractivity contribution in [3.05, 3.63) is 0 Å². The molecule has 0 heterocycles. The van der Waals surface area contributed by atoms with Gasteiger partial charge in [-0.15, -0.1) is 0 Å². The van der Waals surface area contributed by atoms with Crippen molar-refractivity contribution in [3.8, 4) is 0 Å². The third-order valence-corrected chi connectivity index (χ3v) is 3.46. The second kappa shape index (κ2) is 7.65. The van der Waals surface area contributed by atoms with Crippen LogP contribution in [0, 0.1) is 0 Å². The minimum atomic E-state index is -4.38. The molecule has 0 bridgehead atoms. The van der Waals surface area contributed by atoms with Crippen molar-refractivity contribution in [2.24, 2.45) is 0 Å². The number of methoxy groups -OCH3 is 1. The monoisotopic (exact) mass is 276 g/mol. The molecule has 0 spiro atoms. The summed E-state index contributed by atoms with van der Waals surface area (Å²) in [5.74, 6) is -0.532. The summed E-state index contributed by atoms with van der Waals surface area (Å²) in [6.07, 6.45) is -4.40. The lowest BCUT2D eigenvalue weighted by Crippen LogP contribution is -2.23. The third-order valence-electron chi connectivity index (χ3n) is 1.83. The topological polar surface area (TPSA) is 52.6 Å². The lowest BCUT2D eigenvalue weighted by Gasteiger charge is -2.11. The highest BCUT2D eigenvalue weighted by molar-refractivity contribution is 7.85. The van der Waals surface area contributed by atoms with E-state index in [2.05, 4.69) is 9.47 Å². The molecule has 2 atom stereocenters. The molecule has 0 saturated carbocycles. The minimum Gasteiger partial charge on any atom is -0.469 e. The van der Waals surface area contributed by atoms with Gasteiger partial charge >= 0.3 is 12.1 Å². The van der Waals surface area contributed by atoms with E-state index in [1.54, 1.807) is 6.92 Å². The molecule has 0 aromatic carbocycles. The van der Waals surface area contributed by atoms with Crippen LogP contribution in [0.5, 0.6) is 0 Å². The van der Waals surface area contributed by atoms with Crippen molar-refractivity contribution in [1.29, 1.82) is 0 Å². The predicted octanol–water partition coefficient (Wildman–Crippen LogP) is 1.27. The molecule has 8 heteroatoms. The predicted molar refractivity (Wildman–Crippen MR) is 56.0 cm³/mol. The molecule has 0 aliphatic carbocycles. The maximum absolute atomic E-state index is 11.7. The molecule has 0 amide bonds. The number of esters is 1. The molecule has 0 radical (unpaired) electrons. The number of carbonyl (C=O) groups excluding carboxylic acids is 1. The average molecular weight is 276 g/mol. The number of ether oxygens (including phenoxy) is 2. The fourth-order valence-electron chi connectivity index (χ4n) is 0.941. The Kier molecular flexibility index (Phi) is 7.37. The van der Waals surface area contributed by atoms with E-state index in [0.29, 0.717) is 0 Å². The van der Waals surface area contributed by atoms with E-state index in [1.807, 2.05) is 0 Å². The molecule has 0 aliphatic rings. The number of alkyl halides is 3. The summed E-state index contributed by atoms with van der Waals surface area (Å²) in [5.41, 5.74) is 0. The van der Waals surface area contributed by atoms with Gasteiger partial charge in [-0.05, 0) is 0 Å². The highest BCUT2D eigenvalue weighted by Gasteiger charge is 2.27. The highest BCUT2D eigenvalue weighted by atomic mass is 32.2. The zero-order valence-electron chi connectivity index (χ0n) is 9.58. The van der Waals surface area contributed by atoms with Gasteiger partial charge in [0.05, 0.1) is 20.1 Å². The van der Waals surface area contributed by atoms with Crippen LogP contribution in [0.15, 0.2) is 0 Å². The lowest BCUT2D eigenvalue weighted by molar-refractivity contribution is -0.172. The van der Waals surface area contributed by atoms with E-state index < -0.39 is 34.8 Å². The summed E-state index contributed by atoms with van der Waals surface area (Å²) in [7, 11) is -0.196. The molecule has 17 heavy (non-hydrogen) atoms. The van der Waals surface area contributed by atoms with Crippen LogP contribution in [0.2, 0.25) is 0 Å². The third kappa shape index (κ3) is 9.11. The Morgan fingerprint density at radius 3 is 2.47 bits per heavy atom. The molecule has 0 aromatic rings. The summed E-state index contributed by atoms with van der Waals surface area (Å²) in [5, 5.41) is -0.461. The van der Waals surface area contributed by atoms with Gasteiger partial charge in [-0.1, -0.05) is 6.92 Å². The fourth-order valence-corrected chi connectivity index (χ4v) is 1.95. The average Bonchev–Trinajstić information content (AvgIpc) is 2.22. The quantitative estimate of drug-likeness (QED) is 0.519. The first-order chi connectivity index (χ1) is 7.76. The SMILES string of the molecule is COC(=O)CC(C)S(=O)CCOCC(F)(F)F. The molecule has 2 unspecified atom stereocenters. The van der Waals surface area contributed by atoms with Gasteiger partial charge in [0.2, 0.25) is 0 Å². The van der Waals surface area contributed by atoms with Crippen molar-refractivity contribution in [2.75, 3.05) is 26.1 Å². The Labute approximate surface area is 99.9 Å². The van der Waals surface area contributed by atoms with Gasteiger partial charge in [0.1, 0.15) is 6.61 Å². The van der Waals surface area contributed by atoms with Gasteiger partial charge in [-0.3, -0.25) is 9.00 Å². The van der Waals surface area contributed by atoms with Gasteiger partial charge in [-0.25, -0.2) is 0 Å². The van der Waals surface area contributed by atoms with Crippen molar-refractivity contribution in [3.63, 3.8) is 0 Å². The van der Waals surface area contributed by atoms with Crippen LogP contribution >= 0.6 is 0 Å². The summed E-state index contributed by atoms with van der Waals surface area (Å²) in [4.78, 5) is 10.9. The van der Waals surface area contributed by atoms with Gasteiger partial charge < -0.3 is 9.47 Å². The van der Waals surface area contributed by atoms with Crippen LogP contribution in [0.4, 0.5) is 13.2 Å². The van der Waals surface area contributed by atoms with Gasteiger partial charge in [0.25, 0.3) is 0 Å². The number of hydrogen-bond donors (Lipinski definition) is 0. The van der Waals surface area contributed by atoms with Crippen LogP contribution in [0.25, 0.3) is 0 Å². The lowest BCUT2D eigenvalue weighted by atomic mass is 10.3. The normalized spacial score (nSPS) is 15.4. The maximum Gasteiger partial charge on any atom is 0.411 e. The summed E-state index contributed by atoms with van der Waals surface area (Å²) < 4.78 is 55.2. The molecule has 4 nitrogen and oxygen atoms in total. The summed E-state index contributed by atoms with van der Waals surface area (Å²) >= 11 is 0. The first-order valence-electron chi connectivity index (χ1n) is 4.84. The first-order valence-corrected chi connectivity index (χ1v) is 6.23. The van der Waals surface area contributed by atoms with E-state index in [0.717, 1.165) is 0 Å². The van der Waals surface area contributed by atoms with E-state index >= 15 is 0 Å². The summed E-state index contributed by atoms with van der Waals surface area (Å²) in [6.45, 7) is -0.0377. The van der Waals surface area contributed by atoms with Crippen molar-refractivity contribution < 1.29 is 31.6 Å². The van der Waals surface area contributed by atoms with E-state index in [4.69, 9.17) is 0 Å². The first kappa shape index (κ1) is 16.4. The second-order valence-electron chi connectivity index (χ2n) is 3.34. The zero-order valence-corrected chi connectivity index (χ0v) is 10.4. The molecule has 0 rings (SSSR count). The molecule has 0 fully saturated rings. The zero-order chi connectivity index (χ0) is 13.5. The largest absolute Gasteiger partial charge is 0.469 e. The maximum atomic E-state index is 11.7. The van der Waals surface area contributed by atoms with Gasteiger partial charge in [0, 0.05) is 21.8 Å². The Morgan fingerprint density at radius 2 is 2.00 bits per heavy atom. The van der Waals surface area contributed by atoms with Crippen molar-refractivity contribution in [2.45, 2.75) is 24.8 Å². The van der Waals surface area contributed by atoms with Gasteiger partial charge in [-0.2, -0.15) is 13.2 Å². The van der Waals surface area contributed by atoms with Crippen molar-refractivity contribution in [1.82, 2.24) is 0 Å². The van der Waals surface area contributed by atoms with Crippen LogP contribution in [-0.2, 0) is 25.1 Å². The highest BCUT2D eigenvalue weighted by Crippen LogP contribution is 2.14. The minimum absolute atomic E-state index is 0.0254. The standard InChI is InChI=1S/C9H15F3O4S/c1-7(5-8(13)15-2)17(14)4-3-16-6-9(10,11)12/h7H,3-6H2,1-2H3. The Morgan fingerprint density at radius 1 is 1.41 bits per heavy atom. The smallest absolute Gasteiger partial charge is 0.411 e. The second-order valence-corrected chi connectivity index (χ2v) is 5.32. The molecular formula is C9H15F3O4S. The van der Waals surface area contributed by atoms with E-state index in [-0.39, 0.29) is 18.8 Å². The Hall–Kier alpha value is -0.630. The van der Waals surface area contributed by atoms with Crippen LogP contribution < -0.4 is 0 Å². The molecule has 0 N–H and O–H groups in total. The van der Waals surface area contributed by atoms with E-state index in [9.17, 15) is 22.2 Å². The van der Waals surface area contributed by atoms with Crippen LogP contribution in [-0.4, -0.2) is 47.7 Å². The Balaban J connectivity index is 3.75. The number of carbonyl (C=O) groups is 1. The Bertz CT molecular complexity index is 267. The van der Waals surface area contributed by atoms with Crippen LogP contribution in [0.3, 0.4) is 0 Å². The molecule has 0 aliphatic heterocycles. The van der Waals surface area contributed by atoms with E-state index in [1.165, 1.54) is 7.11 Å². The van der Waals surface area contributed by atoms with Gasteiger partial charge in [0.15, 0.2) is 0 Å². The number of halogens is 3. The molecule has 102 valence electrons. The van der Waals surface area contributed by atoms with Crippen molar-refractivity contribution >= 4 is 16.8 Å². The number of hydrogen-bond acceptors (Lipinski definition) is 4. The molecule has 0 aromatic heterocycles. The number of rotatable bonds is 7. The fraction of sp³-hybridized carbons (Fsp3) is 0.889. The van der Waals surface area contributed by atoms with Crippen LogP contribution in [0.1, 0.15) is 13.3 Å². The summed E-state index contributed by atoms with van der Waals surface area (Å²) in [6, 6.07) is 0. The molecular weight excluding hydrogens is 261 g/mol. The molecule has 0 saturated heterocycles.